The van der Waals surface area contributed by atoms with E-state index < -0.39 is 18.5 Å². The second-order valence-corrected chi connectivity index (χ2v) is 6.82. The molecule has 0 fully saturated rings. The van der Waals surface area contributed by atoms with E-state index in [1.807, 2.05) is 0 Å². The standard InChI is InChI=1S/C22H18ClNO5/c1-13-11-17(23)7-8-18(13)24-21(26)12-28-22(27)20-10-9-19(29-20)16-5-3-15(4-6-16)14(2)25/h3-11H,12H2,1-2H3,(H,24,26). The van der Waals surface area contributed by atoms with Gasteiger partial charge in [0.25, 0.3) is 5.91 Å². The highest BCUT2D eigenvalue weighted by Crippen LogP contribution is 2.23. The number of hydrogen-bond acceptors (Lipinski definition) is 5. The number of halogens is 1. The van der Waals surface area contributed by atoms with Crippen molar-refractivity contribution in [3.05, 3.63) is 76.5 Å². The van der Waals surface area contributed by atoms with Crippen LogP contribution in [0.1, 0.15) is 33.4 Å². The highest BCUT2D eigenvalue weighted by atomic mass is 35.5. The van der Waals surface area contributed by atoms with E-state index in [-0.39, 0.29) is 11.5 Å². The molecule has 1 heterocycles. The predicted molar refractivity (Wildman–Crippen MR) is 109 cm³/mol. The summed E-state index contributed by atoms with van der Waals surface area (Å²) in [6, 6.07) is 15.0. The Kier molecular flexibility index (Phi) is 6.14. The normalized spacial score (nSPS) is 10.4. The summed E-state index contributed by atoms with van der Waals surface area (Å²) in [4.78, 5) is 35.5. The number of nitrogens with one attached hydrogen (secondary N) is 1. The number of ether oxygens (including phenoxy) is 1. The van der Waals surface area contributed by atoms with Gasteiger partial charge in [-0.15, -0.1) is 0 Å². The molecule has 0 saturated carbocycles. The summed E-state index contributed by atoms with van der Waals surface area (Å²) in [5.74, 6) is -0.832. The van der Waals surface area contributed by atoms with Gasteiger partial charge in [-0.3, -0.25) is 9.59 Å². The van der Waals surface area contributed by atoms with Gasteiger partial charge in [-0.1, -0.05) is 35.9 Å². The van der Waals surface area contributed by atoms with Gasteiger partial charge in [-0.25, -0.2) is 4.79 Å². The smallest absolute Gasteiger partial charge is 0.374 e. The molecule has 0 atom stereocenters. The molecule has 1 N–H and O–H groups in total. The van der Waals surface area contributed by atoms with Crippen molar-refractivity contribution in [3.63, 3.8) is 0 Å². The molecule has 1 amide bonds. The van der Waals surface area contributed by atoms with Gasteiger partial charge in [-0.05, 0) is 49.7 Å². The second kappa shape index (κ2) is 8.75. The van der Waals surface area contributed by atoms with Gasteiger partial charge in [0, 0.05) is 21.8 Å². The van der Waals surface area contributed by atoms with Gasteiger partial charge >= 0.3 is 5.97 Å². The summed E-state index contributed by atoms with van der Waals surface area (Å²) < 4.78 is 10.5. The maximum atomic E-state index is 12.1. The number of furan rings is 1. The van der Waals surface area contributed by atoms with Crippen LogP contribution in [0.25, 0.3) is 11.3 Å². The van der Waals surface area contributed by atoms with E-state index in [0.717, 1.165) is 5.56 Å². The molecule has 0 radical (unpaired) electrons. The summed E-state index contributed by atoms with van der Waals surface area (Å²) in [7, 11) is 0. The second-order valence-electron chi connectivity index (χ2n) is 6.38. The van der Waals surface area contributed by atoms with Crippen LogP contribution in [0.4, 0.5) is 5.69 Å². The van der Waals surface area contributed by atoms with Crippen molar-refractivity contribution in [1.82, 2.24) is 0 Å². The highest BCUT2D eigenvalue weighted by Gasteiger charge is 2.16. The Morgan fingerprint density at radius 2 is 1.76 bits per heavy atom. The van der Waals surface area contributed by atoms with Crippen LogP contribution in [0.5, 0.6) is 0 Å². The number of anilines is 1. The van der Waals surface area contributed by atoms with Gasteiger partial charge in [0.15, 0.2) is 12.4 Å². The van der Waals surface area contributed by atoms with Crippen molar-refractivity contribution in [1.29, 1.82) is 0 Å². The Morgan fingerprint density at radius 3 is 2.41 bits per heavy atom. The Bertz CT molecular complexity index is 1070. The molecule has 0 aliphatic heterocycles. The van der Waals surface area contributed by atoms with Crippen LogP contribution < -0.4 is 5.32 Å². The van der Waals surface area contributed by atoms with E-state index in [2.05, 4.69) is 5.32 Å². The first-order valence-electron chi connectivity index (χ1n) is 8.78. The molecule has 3 aromatic rings. The number of carbonyl (C=O) groups excluding carboxylic acids is 3. The van der Waals surface area contributed by atoms with Gasteiger partial charge < -0.3 is 14.5 Å². The number of rotatable bonds is 6. The number of esters is 1. The lowest BCUT2D eigenvalue weighted by Crippen LogP contribution is -2.21. The Labute approximate surface area is 172 Å². The fraction of sp³-hybridized carbons (Fsp3) is 0.136. The minimum atomic E-state index is -0.750. The monoisotopic (exact) mass is 411 g/mol. The third-order valence-corrected chi connectivity index (χ3v) is 4.42. The molecule has 0 spiro atoms. The zero-order valence-corrected chi connectivity index (χ0v) is 16.6. The topological polar surface area (TPSA) is 85.6 Å². The molecule has 148 valence electrons. The lowest BCUT2D eigenvalue weighted by molar-refractivity contribution is -0.119. The molecule has 7 heteroatoms. The fourth-order valence-electron chi connectivity index (χ4n) is 2.63. The lowest BCUT2D eigenvalue weighted by Gasteiger charge is -2.08. The quantitative estimate of drug-likeness (QED) is 0.460. The van der Waals surface area contributed by atoms with E-state index in [9.17, 15) is 14.4 Å². The van der Waals surface area contributed by atoms with Crippen LogP contribution in [-0.2, 0) is 9.53 Å². The third kappa shape index (κ3) is 5.12. The average Bonchev–Trinajstić information content (AvgIpc) is 3.19. The third-order valence-electron chi connectivity index (χ3n) is 4.18. The maximum Gasteiger partial charge on any atom is 0.374 e. The number of benzene rings is 2. The number of carbonyl (C=O) groups is 3. The zero-order chi connectivity index (χ0) is 21.0. The molecule has 0 bridgehead atoms. The van der Waals surface area contributed by atoms with E-state index in [4.69, 9.17) is 20.8 Å². The molecular weight excluding hydrogens is 394 g/mol. The fourth-order valence-corrected chi connectivity index (χ4v) is 2.85. The van der Waals surface area contributed by atoms with Crippen molar-refractivity contribution in [2.75, 3.05) is 11.9 Å². The molecule has 0 aliphatic carbocycles. The number of aryl methyl sites for hydroxylation is 1. The average molecular weight is 412 g/mol. The predicted octanol–water partition coefficient (Wildman–Crippen LogP) is 4.91. The molecule has 29 heavy (non-hydrogen) atoms. The van der Waals surface area contributed by atoms with Crippen molar-refractivity contribution < 1.29 is 23.5 Å². The summed E-state index contributed by atoms with van der Waals surface area (Å²) in [5.41, 5.74) is 2.68. The summed E-state index contributed by atoms with van der Waals surface area (Å²) in [5, 5.41) is 3.22. The lowest BCUT2D eigenvalue weighted by atomic mass is 10.1. The number of hydrogen-bond donors (Lipinski definition) is 1. The first kappa shape index (κ1) is 20.4. The molecule has 2 aromatic carbocycles. The van der Waals surface area contributed by atoms with Gasteiger partial charge in [0.2, 0.25) is 5.76 Å². The summed E-state index contributed by atoms with van der Waals surface area (Å²) >= 11 is 5.88. The summed E-state index contributed by atoms with van der Waals surface area (Å²) in [6.07, 6.45) is 0. The van der Waals surface area contributed by atoms with Gasteiger partial charge in [-0.2, -0.15) is 0 Å². The Balaban J connectivity index is 1.58. The van der Waals surface area contributed by atoms with Crippen molar-refractivity contribution in [2.24, 2.45) is 0 Å². The first-order valence-corrected chi connectivity index (χ1v) is 9.15. The van der Waals surface area contributed by atoms with E-state index in [1.165, 1.54) is 13.0 Å². The molecule has 1 aromatic heterocycles. The zero-order valence-electron chi connectivity index (χ0n) is 15.8. The van der Waals surface area contributed by atoms with E-state index in [1.54, 1.807) is 55.5 Å². The minimum absolute atomic E-state index is 0.0221. The molecular formula is C22H18ClNO5. The van der Waals surface area contributed by atoms with E-state index >= 15 is 0 Å². The SMILES string of the molecule is CC(=O)c1ccc(-c2ccc(C(=O)OCC(=O)Nc3ccc(Cl)cc3C)o2)cc1. The number of ketones is 1. The van der Waals surface area contributed by atoms with Gasteiger partial charge in [0.05, 0.1) is 0 Å². The maximum absolute atomic E-state index is 12.1. The minimum Gasteiger partial charge on any atom is -0.450 e. The largest absolute Gasteiger partial charge is 0.450 e. The van der Waals surface area contributed by atoms with Crippen molar-refractivity contribution in [2.45, 2.75) is 13.8 Å². The molecule has 0 unspecified atom stereocenters. The van der Waals surface area contributed by atoms with Crippen LogP contribution in [0.2, 0.25) is 5.02 Å². The van der Waals surface area contributed by atoms with Gasteiger partial charge in [0.1, 0.15) is 5.76 Å². The van der Waals surface area contributed by atoms with Crippen LogP contribution in [0, 0.1) is 6.92 Å². The van der Waals surface area contributed by atoms with E-state index in [0.29, 0.717) is 27.6 Å². The van der Waals surface area contributed by atoms with Crippen LogP contribution >= 0.6 is 11.6 Å². The van der Waals surface area contributed by atoms with Crippen molar-refractivity contribution >= 4 is 34.9 Å². The number of amides is 1. The number of Topliss-reactive ketones (excluding diaryl/α,β-unsaturated/α-hetero) is 1. The molecule has 0 aliphatic rings. The van der Waals surface area contributed by atoms with Crippen LogP contribution in [0.15, 0.2) is 59.0 Å². The molecule has 3 rings (SSSR count). The molecule has 6 nitrogen and oxygen atoms in total. The van der Waals surface area contributed by atoms with Crippen molar-refractivity contribution in [3.8, 4) is 11.3 Å². The Hall–Kier alpha value is -3.38. The van der Waals surface area contributed by atoms with Crippen LogP contribution in [-0.4, -0.2) is 24.3 Å². The summed E-state index contributed by atoms with van der Waals surface area (Å²) in [6.45, 7) is 2.84. The molecule has 0 saturated heterocycles. The van der Waals surface area contributed by atoms with Crippen LogP contribution in [0.3, 0.4) is 0 Å². The highest BCUT2D eigenvalue weighted by molar-refractivity contribution is 6.30. The Morgan fingerprint density at radius 1 is 1.03 bits per heavy atom. The first-order chi connectivity index (χ1) is 13.8.